The van der Waals surface area contributed by atoms with Crippen LogP contribution in [-0.4, -0.2) is 42.6 Å². The predicted molar refractivity (Wildman–Crippen MR) is 79.3 cm³/mol. The fourth-order valence-corrected chi connectivity index (χ4v) is 2.71. The number of rotatable bonds is 2. The second kappa shape index (κ2) is 5.11. The molecule has 1 fully saturated rings. The summed E-state index contributed by atoms with van der Waals surface area (Å²) in [5, 5.41) is 2.90. The zero-order valence-corrected chi connectivity index (χ0v) is 12.4. The average molecular weight is 291 g/mol. The number of nitrogens with zero attached hydrogens (tertiary/aromatic N) is 1. The van der Waals surface area contributed by atoms with Crippen molar-refractivity contribution < 1.29 is 14.3 Å². The molecule has 1 aromatic rings. The van der Waals surface area contributed by atoms with Crippen LogP contribution in [0.1, 0.15) is 19.4 Å². The SMILES string of the molecule is CC1(C)C(=O)NCCN1Cc1cc2c(cc1N)OCCO2. The van der Waals surface area contributed by atoms with Crippen LogP contribution >= 0.6 is 0 Å². The molecule has 2 aliphatic rings. The number of nitrogens with two attached hydrogens (primary N) is 1. The Kier molecular flexibility index (Phi) is 3.41. The summed E-state index contributed by atoms with van der Waals surface area (Å²) in [6, 6.07) is 3.73. The van der Waals surface area contributed by atoms with Gasteiger partial charge >= 0.3 is 0 Å². The largest absolute Gasteiger partial charge is 0.486 e. The molecule has 0 bridgehead atoms. The number of hydrogen-bond donors (Lipinski definition) is 2. The summed E-state index contributed by atoms with van der Waals surface area (Å²) in [4.78, 5) is 14.1. The van der Waals surface area contributed by atoms with Crippen LogP contribution in [0.5, 0.6) is 11.5 Å². The number of nitrogen functional groups attached to an aromatic ring is 1. The lowest BCUT2D eigenvalue weighted by molar-refractivity contribution is -0.135. The molecule has 0 spiro atoms. The summed E-state index contributed by atoms with van der Waals surface area (Å²) >= 11 is 0. The Hall–Kier alpha value is -1.95. The number of amides is 1. The highest BCUT2D eigenvalue weighted by molar-refractivity contribution is 5.86. The molecule has 1 amide bonds. The Morgan fingerprint density at radius 2 is 1.95 bits per heavy atom. The molecule has 6 nitrogen and oxygen atoms in total. The Morgan fingerprint density at radius 1 is 1.29 bits per heavy atom. The second-order valence-electron chi connectivity index (χ2n) is 5.93. The van der Waals surface area contributed by atoms with E-state index < -0.39 is 5.54 Å². The number of nitrogens with one attached hydrogen (secondary N) is 1. The highest BCUT2D eigenvalue weighted by Gasteiger charge is 2.37. The smallest absolute Gasteiger partial charge is 0.240 e. The lowest BCUT2D eigenvalue weighted by Gasteiger charge is -2.41. The number of anilines is 1. The molecule has 1 saturated heterocycles. The van der Waals surface area contributed by atoms with Gasteiger partial charge in [0.2, 0.25) is 5.91 Å². The summed E-state index contributed by atoms with van der Waals surface area (Å²) in [5.41, 5.74) is 7.21. The molecule has 2 aliphatic heterocycles. The third-order valence-electron chi connectivity index (χ3n) is 4.18. The van der Waals surface area contributed by atoms with Crippen molar-refractivity contribution in [3.63, 3.8) is 0 Å². The molecule has 0 aromatic heterocycles. The molecule has 0 aliphatic carbocycles. The molecule has 3 N–H and O–H groups in total. The molecule has 0 saturated carbocycles. The first kappa shape index (κ1) is 14.0. The maximum atomic E-state index is 12.0. The van der Waals surface area contributed by atoms with Gasteiger partial charge in [0.15, 0.2) is 11.5 Å². The van der Waals surface area contributed by atoms with Gasteiger partial charge in [-0.2, -0.15) is 0 Å². The molecular formula is C15H21N3O3. The Labute approximate surface area is 124 Å². The van der Waals surface area contributed by atoms with E-state index in [4.69, 9.17) is 15.2 Å². The molecule has 2 heterocycles. The van der Waals surface area contributed by atoms with Gasteiger partial charge in [0.1, 0.15) is 13.2 Å². The molecule has 1 aromatic carbocycles. The number of piperazine rings is 1. The quantitative estimate of drug-likeness (QED) is 0.786. The van der Waals surface area contributed by atoms with Gasteiger partial charge in [0, 0.05) is 31.4 Å². The minimum atomic E-state index is -0.544. The molecule has 21 heavy (non-hydrogen) atoms. The summed E-state index contributed by atoms with van der Waals surface area (Å²) < 4.78 is 11.1. The molecule has 6 heteroatoms. The Morgan fingerprint density at radius 3 is 2.67 bits per heavy atom. The van der Waals surface area contributed by atoms with Gasteiger partial charge < -0.3 is 20.5 Å². The number of benzene rings is 1. The van der Waals surface area contributed by atoms with Gasteiger partial charge in [0.05, 0.1) is 5.54 Å². The van der Waals surface area contributed by atoms with Gasteiger partial charge in [-0.15, -0.1) is 0 Å². The van der Waals surface area contributed by atoms with Crippen molar-refractivity contribution >= 4 is 11.6 Å². The highest BCUT2D eigenvalue weighted by atomic mass is 16.6. The van der Waals surface area contributed by atoms with Crippen molar-refractivity contribution in [2.75, 3.05) is 32.0 Å². The molecule has 0 radical (unpaired) electrons. The van der Waals surface area contributed by atoms with E-state index in [0.29, 0.717) is 37.7 Å². The monoisotopic (exact) mass is 291 g/mol. The van der Waals surface area contributed by atoms with Crippen LogP contribution in [-0.2, 0) is 11.3 Å². The van der Waals surface area contributed by atoms with Gasteiger partial charge in [-0.3, -0.25) is 9.69 Å². The third-order valence-corrected chi connectivity index (χ3v) is 4.18. The maximum absolute atomic E-state index is 12.0. The average Bonchev–Trinajstić information content (AvgIpc) is 2.45. The minimum absolute atomic E-state index is 0.0462. The van der Waals surface area contributed by atoms with E-state index in [9.17, 15) is 4.79 Å². The fraction of sp³-hybridized carbons (Fsp3) is 0.533. The van der Waals surface area contributed by atoms with E-state index in [1.807, 2.05) is 19.9 Å². The van der Waals surface area contributed by atoms with Crippen molar-refractivity contribution in [3.05, 3.63) is 17.7 Å². The van der Waals surface area contributed by atoms with Crippen molar-refractivity contribution in [2.24, 2.45) is 0 Å². The van der Waals surface area contributed by atoms with Crippen LogP contribution in [0.2, 0.25) is 0 Å². The number of ether oxygens (including phenoxy) is 2. The van der Waals surface area contributed by atoms with Gasteiger partial charge in [-0.05, 0) is 25.5 Å². The van der Waals surface area contributed by atoms with Crippen molar-refractivity contribution in [1.29, 1.82) is 0 Å². The number of hydrogen-bond acceptors (Lipinski definition) is 5. The summed E-state index contributed by atoms with van der Waals surface area (Å²) in [5.74, 6) is 1.47. The van der Waals surface area contributed by atoms with Crippen molar-refractivity contribution in [2.45, 2.75) is 25.9 Å². The van der Waals surface area contributed by atoms with Gasteiger partial charge in [0.25, 0.3) is 0 Å². The topological polar surface area (TPSA) is 76.8 Å². The molecule has 114 valence electrons. The van der Waals surface area contributed by atoms with Crippen LogP contribution in [0.25, 0.3) is 0 Å². The van der Waals surface area contributed by atoms with Gasteiger partial charge in [-0.1, -0.05) is 0 Å². The first-order valence-corrected chi connectivity index (χ1v) is 7.20. The summed E-state index contributed by atoms with van der Waals surface area (Å²) in [6.45, 7) is 7.02. The Bertz CT molecular complexity index is 572. The second-order valence-corrected chi connectivity index (χ2v) is 5.93. The molecule has 0 atom stereocenters. The van der Waals surface area contributed by atoms with E-state index >= 15 is 0 Å². The molecule has 3 rings (SSSR count). The third kappa shape index (κ3) is 2.51. The highest BCUT2D eigenvalue weighted by Crippen LogP contribution is 2.35. The van der Waals surface area contributed by atoms with Crippen LogP contribution in [0, 0.1) is 0 Å². The molecule has 0 unspecified atom stereocenters. The van der Waals surface area contributed by atoms with E-state index in [2.05, 4.69) is 10.2 Å². The summed E-state index contributed by atoms with van der Waals surface area (Å²) in [6.07, 6.45) is 0. The Balaban J connectivity index is 1.86. The van der Waals surface area contributed by atoms with Gasteiger partial charge in [-0.25, -0.2) is 0 Å². The van der Waals surface area contributed by atoms with E-state index in [1.165, 1.54) is 0 Å². The van der Waals surface area contributed by atoms with Crippen LogP contribution in [0.15, 0.2) is 12.1 Å². The van der Waals surface area contributed by atoms with Crippen molar-refractivity contribution in [3.8, 4) is 11.5 Å². The zero-order chi connectivity index (χ0) is 15.0. The predicted octanol–water partition coefficient (Wildman–Crippen LogP) is 0.750. The van der Waals surface area contributed by atoms with Crippen LogP contribution in [0.3, 0.4) is 0 Å². The molecular weight excluding hydrogens is 270 g/mol. The first-order valence-electron chi connectivity index (χ1n) is 7.20. The van der Waals surface area contributed by atoms with Crippen LogP contribution < -0.4 is 20.5 Å². The standard InChI is InChI=1S/C15H21N3O3/c1-15(2)14(19)17-3-4-18(15)9-10-7-12-13(8-11(10)16)21-6-5-20-12/h7-8H,3-6,9,16H2,1-2H3,(H,17,19). The van der Waals surface area contributed by atoms with E-state index in [-0.39, 0.29) is 5.91 Å². The lowest BCUT2D eigenvalue weighted by atomic mass is 9.97. The summed E-state index contributed by atoms with van der Waals surface area (Å²) in [7, 11) is 0. The first-order chi connectivity index (χ1) is 9.98. The minimum Gasteiger partial charge on any atom is -0.486 e. The number of fused-ring (bicyclic) bond motifs is 1. The van der Waals surface area contributed by atoms with E-state index in [1.54, 1.807) is 6.07 Å². The normalized spacial score (nSPS) is 21.0. The zero-order valence-electron chi connectivity index (χ0n) is 12.4. The van der Waals surface area contributed by atoms with Crippen molar-refractivity contribution in [1.82, 2.24) is 10.2 Å². The number of carbonyl (C=O) groups is 1. The lowest BCUT2D eigenvalue weighted by Crippen LogP contribution is -2.61. The van der Waals surface area contributed by atoms with Crippen LogP contribution in [0.4, 0.5) is 5.69 Å². The fourth-order valence-electron chi connectivity index (χ4n) is 2.71. The maximum Gasteiger partial charge on any atom is 0.240 e. The number of carbonyl (C=O) groups excluding carboxylic acids is 1. The van der Waals surface area contributed by atoms with E-state index in [0.717, 1.165) is 17.9 Å².